The Bertz CT molecular complexity index is 719. The molecule has 0 radical (unpaired) electrons. The van der Waals surface area contributed by atoms with Crippen LogP contribution in [0, 0.1) is 6.92 Å². The van der Waals surface area contributed by atoms with Crippen LogP contribution in [0.5, 0.6) is 11.5 Å². The molecule has 0 unspecified atom stereocenters. The number of methoxy groups -OCH3 is 2. The van der Waals surface area contributed by atoms with Gasteiger partial charge in [-0.3, -0.25) is 4.79 Å². The SMILES string of the molecule is COc1cc(C(=O)Nc2ccc(C)c(Cl)c2)cc(Br)c1OC. The molecule has 0 aliphatic carbocycles. The van der Waals surface area contributed by atoms with Gasteiger partial charge in [0.05, 0.1) is 18.7 Å². The maximum absolute atomic E-state index is 12.4. The van der Waals surface area contributed by atoms with E-state index in [0.29, 0.717) is 32.2 Å². The smallest absolute Gasteiger partial charge is 0.255 e. The largest absolute Gasteiger partial charge is 0.493 e. The van der Waals surface area contributed by atoms with Crippen molar-refractivity contribution in [1.82, 2.24) is 0 Å². The van der Waals surface area contributed by atoms with Crippen LogP contribution in [0.2, 0.25) is 5.02 Å². The number of ether oxygens (including phenoxy) is 2. The summed E-state index contributed by atoms with van der Waals surface area (Å²) < 4.78 is 11.1. The van der Waals surface area contributed by atoms with Gasteiger partial charge in [0.1, 0.15) is 0 Å². The minimum Gasteiger partial charge on any atom is -0.493 e. The third kappa shape index (κ3) is 3.54. The van der Waals surface area contributed by atoms with Gasteiger partial charge in [-0.05, 0) is 52.7 Å². The zero-order valence-corrected chi connectivity index (χ0v) is 14.7. The second-order valence-electron chi connectivity index (χ2n) is 4.61. The van der Waals surface area contributed by atoms with Crippen molar-refractivity contribution < 1.29 is 14.3 Å². The van der Waals surface area contributed by atoms with Crippen LogP contribution in [0.4, 0.5) is 5.69 Å². The Morgan fingerprint density at radius 2 is 1.91 bits per heavy atom. The minimum absolute atomic E-state index is 0.262. The number of halogens is 2. The fraction of sp³-hybridized carbons (Fsp3) is 0.188. The molecule has 1 N–H and O–H groups in total. The number of carbonyl (C=O) groups is 1. The van der Waals surface area contributed by atoms with E-state index >= 15 is 0 Å². The number of hydrogen-bond acceptors (Lipinski definition) is 3. The van der Waals surface area contributed by atoms with Crippen LogP contribution in [0.15, 0.2) is 34.8 Å². The van der Waals surface area contributed by atoms with E-state index in [1.165, 1.54) is 14.2 Å². The Morgan fingerprint density at radius 3 is 2.50 bits per heavy atom. The first kappa shape index (κ1) is 16.6. The Kier molecular flexibility index (Phi) is 5.32. The summed E-state index contributed by atoms with van der Waals surface area (Å²) in [5.41, 5.74) is 2.03. The number of aryl methyl sites for hydroxylation is 1. The fourth-order valence-corrected chi connectivity index (χ4v) is 2.71. The molecule has 6 heteroatoms. The maximum Gasteiger partial charge on any atom is 0.255 e. The monoisotopic (exact) mass is 383 g/mol. The number of benzene rings is 2. The molecule has 2 aromatic rings. The van der Waals surface area contributed by atoms with Gasteiger partial charge in [0.15, 0.2) is 11.5 Å². The topological polar surface area (TPSA) is 47.6 Å². The van der Waals surface area contributed by atoms with Gasteiger partial charge >= 0.3 is 0 Å². The summed E-state index contributed by atoms with van der Waals surface area (Å²) in [7, 11) is 3.06. The average Bonchev–Trinajstić information content (AvgIpc) is 2.50. The van der Waals surface area contributed by atoms with Gasteiger partial charge in [-0.25, -0.2) is 0 Å². The van der Waals surface area contributed by atoms with Gasteiger partial charge in [-0.2, -0.15) is 0 Å². The number of carbonyl (C=O) groups excluding carboxylic acids is 1. The van der Waals surface area contributed by atoms with E-state index in [-0.39, 0.29) is 5.91 Å². The van der Waals surface area contributed by atoms with Gasteiger partial charge in [-0.1, -0.05) is 17.7 Å². The van der Waals surface area contributed by atoms with Crippen LogP contribution in [0.25, 0.3) is 0 Å². The van der Waals surface area contributed by atoms with Crippen LogP contribution in [0.3, 0.4) is 0 Å². The number of hydrogen-bond donors (Lipinski definition) is 1. The molecule has 0 fully saturated rings. The van der Waals surface area contributed by atoms with Gasteiger partial charge in [0.25, 0.3) is 5.91 Å². The van der Waals surface area contributed by atoms with Crippen LogP contribution < -0.4 is 14.8 Å². The van der Waals surface area contributed by atoms with Crippen molar-refractivity contribution in [2.24, 2.45) is 0 Å². The normalized spacial score (nSPS) is 10.2. The summed E-state index contributed by atoms with van der Waals surface area (Å²) in [5, 5.41) is 3.40. The van der Waals surface area contributed by atoms with Crippen molar-refractivity contribution in [2.45, 2.75) is 6.92 Å². The van der Waals surface area contributed by atoms with Crippen molar-refractivity contribution in [3.63, 3.8) is 0 Å². The summed E-state index contributed by atoms with van der Waals surface area (Å²) in [6.07, 6.45) is 0. The molecule has 0 saturated heterocycles. The summed E-state index contributed by atoms with van der Waals surface area (Å²) in [6, 6.07) is 8.66. The van der Waals surface area contributed by atoms with Crippen LogP contribution in [-0.2, 0) is 0 Å². The fourth-order valence-electron chi connectivity index (χ4n) is 1.92. The quantitative estimate of drug-likeness (QED) is 0.832. The van der Waals surface area contributed by atoms with E-state index in [2.05, 4.69) is 21.2 Å². The molecule has 0 heterocycles. The molecule has 4 nitrogen and oxygen atoms in total. The lowest BCUT2D eigenvalue weighted by Crippen LogP contribution is -2.12. The molecular weight excluding hydrogens is 370 g/mol. The molecule has 1 amide bonds. The number of nitrogens with one attached hydrogen (secondary N) is 1. The van der Waals surface area contributed by atoms with Gasteiger partial charge < -0.3 is 14.8 Å². The first-order valence-corrected chi connectivity index (χ1v) is 7.62. The Hall–Kier alpha value is -1.72. The molecule has 0 aliphatic rings. The van der Waals surface area contributed by atoms with Crippen molar-refractivity contribution in [2.75, 3.05) is 19.5 Å². The van der Waals surface area contributed by atoms with E-state index in [1.54, 1.807) is 24.3 Å². The third-order valence-corrected chi connectivity index (χ3v) is 4.12. The average molecular weight is 385 g/mol. The Balaban J connectivity index is 2.29. The van der Waals surface area contributed by atoms with Crippen LogP contribution in [0.1, 0.15) is 15.9 Å². The predicted molar refractivity (Wildman–Crippen MR) is 91.4 cm³/mol. The number of anilines is 1. The molecule has 2 rings (SSSR count). The van der Waals surface area contributed by atoms with Crippen LogP contribution in [-0.4, -0.2) is 20.1 Å². The number of amides is 1. The van der Waals surface area contributed by atoms with Crippen molar-refractivity contribution in [3.05, 3.63) is 51.0 Å². The highest BCUT2D eigenvalue weighted by atomic mass is 79.9. The van der Waals surface area contributed by atoms with E-state index in [9.17, 15) is 4.79 Å². The minimum atomic E-state index is -0.262. The van der Waals surface area contributed by atoms with E-state index < -0.39 is 0 Å². The lowest BCUT2D eigenvalue weighted by molar-refractivity contribution is 0.102. The molecule has 0 aromatic heterocycles. The van der Waals surface area contributed by atoms with Gasteiger partial charge in [-0.15, -0.1) is 0 Å². The highest BCUT2D eigenvalue weighted by Crippen LogP contribution is 2.36. The second kappa shape index (κ2) is 7.03. The summed E-state index contributed by atoms with van der Waals surface area (Å²) in [5.74, 6) is 0.753. The molecule has 0 bridgehead atoms. The standard InChI is InChI=1S/C16H15BrClNO3/c1-9-4-5-11(8-13(9)18)19-16(20)10-6-12(17)15(22-3)14(7-10)21-2/h4-8H,1-3H3,(H,19,20). The van der Waals surface area contributed by atoms with Gasteiger partial charge in [0, 0.05) is 16.3 Å². The zero-order valence-electron chi connectivity index (χ0n) is 12.4. The lowest BCUT2D eigenvalue weighted by atomic mass is 10.1. The Labute approximate surface area is 142 Å². The molecule has 2 aromatic carbocycles. The van der Waals surface area contributed by atoms with Crippen molar-refractivity contribution in [3.8, 4) is 11.5 Å². The second-order valence-corrected chi connectivity index (χ2v) is 5.87. The zero-order chi connectivity index (χ0) is 16.3. The molecule has 0 aliphatic heterocycles. The molecular formula is C16H15BrClNO3. The highest BCUT2D eigenvalue weighted by Gasteiger charge is 2.15. The summed E-state index contributed by atoms with van der Waals surface area (Å²) in [6.45, 7) is 1.90. The van der Waals surface area contributed by atoms with Crippen molar-refractivity contribution in [1.29, 1.82) is 0 Å². The predicted octanol–water partition coefficient (Wildman–Crippen LogP) is 4.68. The maximum atomic E-state index is 12.4. The first-order chi connectivity index (χ1) is 10.5. The third-order valence-electron chi connectivity index (χ3n) is 3.13. The van der Waals surface area contributed by atoms with E-state index in [0.717, 1.165) is 5.56 Å². The molecule has 22 heavy (non-hydrogen) atoms. The van der Waals surface area contributed by atoms with Gasteiger partial charge in [0.2, 0.25) is 0 Å². The molecule has 0 atom stereocenters. The highest BCUT2D eigenvalue weighted by molar-refractivity contribution is 9.10. The molecule has 0 spiro atoms. The molecule has 116 valence electrons. The van der Waals surface area contributed by atoms with E-state index in [4.69, 9.17) is 21.1 Å². The van der Waals surface area contributed by atoms with Crippen molar-refractivity contribution >= 4 is 39.1 Å². The van der Waals surface area contributed by atoms with Crippen LogP contribution >= 0.6 is 27.5 Å². The summed E-state index contributed by atoms with van der Waals surface area (Å²) in [4.78, 5) is 12.4. The Morgan fingerprint density at radius 1 is 1.18 bits per heavy atom. The first-order valence-electron chi connectivity index (χ1n) is 6.45. The summed E-state index contributed by atoms with van der Waals surface area (Å²) >= 11 is 9.43. The van der Waals surface area contributed by atoms with E-state index in [1.807, 2.05) is 13.0 Å². The lowest BCUT2D eigenvalue weighted by Gasteiger charge is -2.12. The number of rotatable bonds is 4. The molecule has 0 saturated carbocycles.